The standard InChI is InChI=1S/C20H19BrClN3O4/c1-3-8-29-20-16(21)9-13(10-17(20)28-2)12-23-25-19(27)11-18(26)24-15-6-4-14(22)5-7-15/h3-7,9-10,12H,1,8,11H2,2H3,(H,24,26)(H,25,27). The average molecular weight is 481 g/mol. The highest BCUT2D eigenvalue weighted by molar-refractivity contribution is 9.10. The third-order valence-electron chi connectivity index (χ3n) is 3.45. The van der Waals surface area contributed by atoms with Crippen molar-refractivity contribution in [1.29, 1.82) is 0 Å². The van der Waals surface area contributed by atoms with Crippen molar-refractivity contribution in [2.24, 2.45) is 5.10 Å². The summed E-state index contributed by atoms with van der Waals surface area (Å²) in [6, 6.07) is 10.0. The fourth-order valence-corrected chi connectivity index (χ4v) is 2.90. The summed E-state index contributed by atoms with van der Waals surface area (Å²) in [5, 5.41) is 7.02. The first-order chi connectivity index (χ1) is 13.9. The van der Waals surface area contributed by atoms with Gasteiger partial charge in [0, 0.05) is 10.7 Å². The van der Waals surface area contributed by atoms with Gasteiger partial charge in [0.2, 0.25) is 11.8 Å². The van der Waals surface area contributed by atoms with Gasteiger partial charge in [0.25, 0.3) is 0 Å². The largest absolute Gasteiger partial charge is 0.493 e. The van der Waals surface area contributed by atoms with Gasteiger partial charge in [0.1, 0.15) is 13.0 Å². The SMILES string of the molecule is C=CCOc1c(Br)cc(C=NNC(=O)CC(=O)Nc2ccc(Cl)cc2)cc1OC. The molecule has 0 heterocycles. The van der Waals surface area contributed by atoms with Gasteiger partial charge in [-0.2, -0.15) is 5.10 Å². The zero-order chi connectivity index (χ0) is 21.2. The molecule has 0 aliphatic rings. The lowest BCUT2D eigenvalue weighted by Crippen LogP contribution is -2.24. The molecular formula is C20H19BrClN3O4. The molecule has 152 valence electrons. The number of carbonyl (C=O) groups is 2. The number of hydrogen-bond donors (Lipinski definition) is 2. The third-order valence-corrected chi connectivity index (χ3v) is 4.29. The Morgan fingerprint density at radius 1 is 1.24 bits per heavy atom. The van der Waals surface area contributed by atoms with E-state index in [2.05, 4.69) is 38.4 Å². The number of benzene rings is 2. The summed E-state index contributed by atoms with van der Waals surface area (Å²) in [6.07, 6.45) is 2.68. The first-order valence-corrected chi connectivity index (χ1v) is 9.58. The van der Waals surface area contributed by atoms with Crippen LogP contribution in [0.15, 0.2) is 58.6 Å². The lowest BCUT2D eigenvalue weighted by Gasteiger charge is -2.12. The number of anilines is 1. The molecule has 29 heavy (non-hydrogen) atoms. The molecule has 0 radical (unpaired) electrons. The molecule has 0 saturated heterocycles. The number of ether oxygens (including phenoxy) is 2. The molecule has 0 atom stereocenters. The minimum absolute atomic E-state index is 0.330. The highest BCUT2D eigenvalue weighted by atomic mass is 79.9. The Balaban J connectivity index is 1.92. The maximum absolute atomic E-state index is 11.9. The molecule has 2 aromatic rings. The van der Waals surface area contributed by atoms with Crippen LogP contribution in [0, 0.1) is 0 Å². The highest BCUT2D eigenvalue weighted by Gasteiger charge is 2.11. The average Bonchev–Trinajstić information content (AvgIpc) is 2.68. The molecule has 9 heteroatoms. The minimum Gasteiger partial charge on any atom is -0.493 e. The van der Waals surface area contributed by atoms with Gasteiger partial charge in [-0.1, -0.05) is 24.3 Å². The first-order valence-electron chi connectivity index (χ1n) is 8.41. The van der Waals surface area contributed by atoms with Crippen molar-refractivity contribution < 1.29 is 19.1 Å². The van der Waals surface area contributed by atoms with Gasteiger partial charge in [0.05, 0.1) is 17.8 Å². The lowest BCUT2D eigenvalue weighted by atomic mass is 10.2. The van der Waals surface area contributed by atoms with Crippen LogP contribution in [0.1, 0.15) is 12.0 Å². The van der Waals surface area contributed by atoms with Crippen molar-refractivity contribution in [3.63, 3.8) is 0 Å². The molecule has 0 saturated carbocycles. The molecular weight excluding hydrogens is 462 g/mol. The van der Waals surface area contributed by atoms with E-state index in [0.29, 0.717) is 38.9 Å². The van der Waals surface area contributed by atoms with E-state index in [-0.39, 0.29) is 6.42 Å². The van der Waals surface area contributed by atoms with Crippen molar-refractivity contribution >= 4 is 51.2 Å². The van der Waals surface area contributed by atoms with Gasteiger partial charge < -0.3 is 14.8 Å². The summed E-state index contributed by atoms with van der Waals surface area (Å²) < 4.78 is 11.5. The summed E-state index contributed by atoms with van der Waals surface area (Å²) in [5.41, 5.74) is 3.52. The Morgan fingerprint density at radius 2 is 1.97 bits per heavy atom. The molecule has 0 aliphatic heterocycles. The Morgan fingerprint density at radius 3 is 2.62 bits per heavy atom. The molecule has 7 nitrogen and oxygen atoms in total. The second-order valence-electron chi connectivity index (χ2n) is 5.66. The molecule has 0 aliphatic carbocycles. The number of amides is 2. The number of halogens is 2. The van der Waals surface area contributed by atoms with Crippen LogP contribution in [-0.2, 0) is 9.59 Å². The van der Waals surface area contributed by atoms with Gasteiger partial charge in [-0.15, -0.1) is 0 Å². The van der Waals surface area contributed by atoms with E-state index in [1.165, 1.54) is 13.3 Å². The third kappa shape index (κ3) is 7.24. The van der Waals surface area contributed by atoms with E-state index in [9.17, 15) is 9.59 Å². The van der Waals surface area contributed by atoms with Crippen LogP contribution in [0.2, 0.25) is 5.02 Å². The Bertz CT molecular complexity index is 917. The van der Waals surface area contributed by atoms with Crippen molar-refractivity contribution in [1.82, 2.24) is 5.43 Å². The summed E-state index contributed by atoms with van der Waals surface area (Å²) in [6.45, 7) is 3.94. The monoisotopic (exact) mass is 479 g/mol. The molecule has 2 N–H and O–H groups in total. The zero-order valence-electron chi connectivity index (χ0n) is 15.6. The first kappa shape index (κ1) is 22.4. The van der Waals surface area contributed by atoms with Crippen LogP contribution in [0.25, 0.3) is 0 Å². The van der Waals surface area contributed by atoms with Crippen molar-refractivity contribution in [3.05, 3.63) is 64.1 Å². The summed E-state index contributed by atoms with van der Waals surface area (Å²) in [4.78, 5) is 23.8. The maximum Gasteiger partial charge on any atom is 0.249 e. The van der Waals surface area contributed by atoms with E-state index >= 15 is 0 Å². The van der Waals surface area contributed by atoms with Crippen LogP contribution in [-0.4, -0.2) is 31.7 Å². The highest BCUT2D eigenvalue weighted by Crippen LogP contribution is 2.36. The molecule has 0 aromatic heterocycles. The fourth-order valence-electron chi connectivity index (χ4n) is 2.20. The van der Waals surface area contributed by atoms with Gasteiger partial charge in [-0.3, -0.25) is 9.59 Å². The number of rotatable bonds is 9. The van der Waals surface area contributed by atoms with Gasteiger partial charge >= 0.3 is 0 Å². The predicted molar refractivity (Wildman–Crippen MR) is 117 cm³/mol. The fraction of sp³-hybridized carbons (Fsp3) is 0.150. The van der Waals surface area contributed by atoms with E-state index < -0.39 is 11.8 Å². The number of hydrogen-bond acceptors (Lipinski definition) is 5. The van der Waals surface area contributed by atoms with Crippen molar-refractivity contribution in [2.45, 2.75) is 6.42 Å². The van der Waals surface area contributed by atoms with Gasteiger partial charge in [0.15, 0.2) is 11.5 Å². The molecule has 2 rings (SSSR count). The maximum atomic E-state index is 11.9. The topological polar surface area (TPSA) is 89.0 Å². The van der Waals surface area contributed by atoms with Crippen LogP contribution in [0.4, 0.5) is 5.69 Å². The second kappa shape index (κ2) is 11.2. The zero-order valence-corrected chi connectivity index (χ0v) is 17.9. The number of hydrazone groups is 1. The Hall–Kier alpha value is -2.84. The second-order valence-corrected chi connectivity index (χ2v) is 6.95. The van der Waals surface area contributed by atoms with Gasteiger partial charge in [-0.05, 0) is 57.9 Å². The van der Waals surface area contributed by atoms with Crippen LogP contribution in [0.5, 0.6) is 11.5 Å². The van der Waals surface area contributed by atoms with E-state index in [1.54, 1.807) is 42.5 Å². The van der Waals surface area contributed by atoms with Crippen LogP contribution >= 0.6 is 27.5 Å². The summed E-state index contributed by atoms with van der Waals surface area (Å²) in [5.74, 6) is 0.0154. The number of nitrogens with one attached hydrogen (secondary N) is 2. The molecule has 2 aromatic carbocycles. The lowest BCUT2D eigenvalue weighted by molar-refractivity contribution is -0.126. The van der Waals surface area contributed by atoms with E-state index in [1.807, 2.05) is 0 Å². The normalized spacial score (nSPS) is 10.4. The Kier molecular flexibility index (Phi) is 8.69. The molecule has 0 unspecified atom stereocenters. The van der Waals surface area contributed by atoms with Gasteiger partial charge in [-0.25, -0.2) is 5.43 Å². The van der Waals surface area contributed by atoms with E-state index in [4.69, 9.17) is 21.1 Å². The number of carbonyl (C=O) groups excluding carboxylic acids is 2. The number of methoxy groups -OCH3 is 1. The molecule has 2 amide bonds. The van der Waals surface area contributed by atoms with Crippen LogP contribution < -0.4 is 20.2 Å². The van der Waals surface area contributed by atoms with Crippen molar-refractivity contribution in [3.8, 4) is 11.5 Å². The molecule has 0 fully saturated rings. The summed E-state index contributed by atoms with van der Waals surface area (Å²) >= 11 is 9.19. The smallest absolute Gasteiger partial charge is 0.249 e. The Labute approximate surface area is 181 Å². The van der Waals surface area contributed by atoms with Crippen molar-refractivity contribution in [2.75, 3.05) is 19.0 Å². The number of nitrogens with zero attached hydrogens (tertiary/aromatic N) is 1. The molecule has 0 bridgehead atoms. The quantitative estimate of drug-likeness (QED) is 0.244. The van der Waals surface area contributed by atoms with Crippen LogP contribution in [0.3, 0.4) is 0 Å². The van der Waals surface area contributed by atoms with E-state index in [0.717, 1.165) is 0 Å². The molecule has 0 spiro atoms. The minimum atomic E-state index is -0.551. The predicted octanol–water partition coefficient (Wildman–Crippen LogP) is 4.15. The summed E-state index contributed by atoms with van der Waals surface area (Å²) in [7, 11) is 1.52.